The van der Waals surface area contributed by atoms with Gasteiger partial charge in [-0.05, 0) is 36.4 Å². The second kappa shape index (κ2) is 11.1. The maximum absolute atomic E-state index is 12.2. The lowest BCUT2D eigenvalue weighted by atomic mass is 9.98. The third-order valence-electron chi connectivity index (χ3n) is 5.97. The Hall–Kier alpha value is -2.81. The van der Waals surface area contributed by atoms with Gasteiger partial charge in [0.25, 0.3) is 0 Å². The summed E-state index contributed by atoms with van der Waals surface area (Å²) in [5.41, 5.74) is -1.76. The number of carbonyl (C=O) groups is 1. The highest BCUT2D eigenvalue weighted by atomic mass is 16.8. The molecule has 2 aromatic rings. The van der Waals surface area contributed by atoms with Crippen LogP contribution in [-0.2, 0) is 18.9 Å². The molecule has 2 heterocycles. The van der Waals surface area contributed by atoms with E-state index in [1.807, 2.05) is 0 Å². The van der Waals surface area contributed by atoms with Crippen molar-refractivity contribution in [3.05, 3.63) is 60.2 Å². The van der Waals surface area contributed by atoms with Crippen molar-refractivity contribution in [2.45, 2.75) is 48.7 Å². The van der Waals surface area contributed by atoms with Crippen molar-refractivity contribution in [3.8, 4) is 11.5 Å². The Labute approximate surface area is 205 Å². The van der Waals surface area contributed by atoms with Crippen molar-refractivity contribution in [2.24, 2.45) is 0 Å². The maximum atomic E-state index is 12.2. The summed E-state index contributed by atoms with van der Waals surface area (Å²) in [6.07, 6.45) is -10.5. The lowest BCUT2D eigenvalue weighted by Gasteiger charge is -2.42. The smallest absolute Gasteiger partial charge is 0.338 e. The third kappa shape index (κ3) is 5.61. The molecule has 2 fully saturated rings. The van der Waals surface area contributed by atoms with Crippen LogP contribution < -0.4 is 4.74 Å². The number of ether oxygens (including phenoxy) is 5. The molecular weight excluding hydrogens is 480 g/mol. The first kappa shape index (κ1) is 26.3. The van der Waals surface area contributed by atoms with Crippen molar-refractivity contribution < 1.29 is 59.1 Å². The van der Waals surface area contributed by atoms with Crippen LogP contribution in [0.15, 0.2) is 54.6 Å². The quantitative estimate of drug-likeness (QED) is 0.237. The normalized spacial score (nSPS) is 34.3. The van der Waals surface area contributed by atoms with Gasteiger partial charge in [0.1, 0.15) is 42.5 Å². The number of rotatable bonds is 8. The fraction of sp³-hybridized carbons (Fsp3) is 0.458. The Morgan fingerprint density at radius 2 is 1.69 bits per heavy atom. The third-order valence-corrected chi connectivity index (χ3v) is 5.97. The van der Waals surface area contributed by atoms with Gasteiger partial charge < -0.3 is 54.3 Å². The van der Waals surface area contributed by atoms with Gasteiger partial charge in [0.2, 0.25) is 6.29 Å². The van der Waals surface area contributed by atoms with E-state index in [4.69, 9.17) is 23.7 Å². The van der Waals surface area contributed by atoms with E-state index < -0.39 is 74.5 Å². The van der Waals surface area contributed by atoms with Crippen LogP contribution in [0, 0.1) is 0 Å². The molecule has 0 aromatic heterocycles. The summed E-state index contributed by atoms with van der Waals surface area (Å²) in [5, 5.41) is 61.4. The zero-order valence-corrected chi connectivity index (χ0v) is 19.0. The zero-order valence-electron chi connectivity index (χ0n) is 19.0. The van der Waals surface area contributed by atoms with Crippen molar-refractivity contribution in [3.63, 3.8) is 0 Å². The van der Waals surface area contributed by atoms with E-state index in [-0.39, 0.29) is 17.1 Å². The minimum Gasteiger partial charge on any atom is -0.508 e. The van der Waals surface area contributed by atoms with Gasteiger partial charge in [-0.1, -0.05) is 18.2 Å². The topological polar surface area (TPSA) is 185 Å². The van der Waals surface area contributed by atoms with Gasteiger partial charge in [-0.2, -0.15) is 0 Å². The Balaban J connectivity index is 1.44. The maximum Gasteiger partial charge on any atom is 0.338 e. The van der Waals surface area contributed by atoms with Gasteiger partial charge in [0.15, 0.2) is 18.0 Å². The molecule has 4 rings (SSSR count). The number of aromatic hydroxyl groups is 1. The number of esters is 1. The summed E-state index contributed by atoms with van der Waals surface area (Å²) >= 11 is 0. The van der Waals surface area contributed by atoms with Gasteiger partial charge in [0.05, 0.1) is 18.8 Å². The molecule has 0 amide bonds. The predicted octanol–water partition coefficient (Wildman–Crippen LogP) is -1.10. The lowest BCUT2D eigenvalue weighted by molar-refractivity contribution is -0.318. The van der Waals surface area contributed by atoms with Crippen LogP contribution >= 0.6 is 0 Å². The van der Waals surface area contributed by atoms with Crippen LogP contribution in [0.2, 0.25) is 0 Å². The summed E-state index contributed by atoms with van der Waals surface area (Å²) in [5.74, 6) is -0.515. The number of hydrogen-bond donors (Lipinski definition) is 6. The minimum atomic E-state index is -2.02. The van der Waals surface area contributed by atoms with E-state index in [2.05, 4.69) is 0 Å². The largest absolute Gasteiger partial charge is 0.508 e. The van der Waals surface area contributed by atoms with Gasteiger partial charge >= 0.3 is 5.97 Å². The number of benzene rings is 2. The molecule has 6 N–H and O–H groups in total. The molecule has 8 atom stereocenters. The number of phenolic OH excluding ortho intramolecular Hbond substituents is 1. The number of hydrogen-bond acceptors (Lipinski definition) is 12. The lowest BCUT2D eigenvalue weighted by Crippen LogP contribution is -2.62. The van der Waals surface area contributed by atoms with Crippen LogP contribution in [0.4, 0.5) is 0 Å². The highest BCUT2D eigenvalue weighted by Gasteiger charge is 2.54. The SMILES string of the molecule is O=C(OC[C@@]1(O)CO[C@@H](O[C@H]2[C@H](Oc3ccc(O)cc3)O[C@H](CO)[C@H](O)[C@@H]2O)[C@@H]1O)c1ccccc1. The molecule has 0 aliphatic carbocycles. The molecule has 2 aromatic carbocycles. The molecule has 2 aliphatic heterocycles. The average Bonchev–Trinajstić information content (AvgIpc) is 3.17. The molecule has 36 heavy (non-hydrogen) atoms. The molecule has 0 spiro atoms. The highest BCUT2D eigenvalue weighted by molar-refractivity contribution is 5.89. The Kier molecular flexibility index (Phi) is 8.07. The van der Waals surface area contributed by atoms with Gasteiger partial charge in [0, 0.05) is 0 Å². The minimum absolute atomic E-state index is 0.0156. The van der Waals surface area contributed by atoms with E-state index in [9.17, 15) is 35.4 Å². The summed E-state index contributed by atoms with van der Waals surface area (Å²) in [7, 11) is 0. The van der Waals surface area contributed by atoms with Crippen molar-refractivity contribution in [1.29, 1.82) is 0 Å². The van der Waals surface area contributed by atoms with Crippen molar-refractivity contribution >= 4 is 5.97 Å². The second-order valence-electron chi connectivity index (χ2n) is 8.59. The fourth-order valence-electron chi connectivity index (χ4n) is 3.85. The first-order valence-corrected chi connectivity index (χ1v) is 11.2. The summed E-state index contributed by atoms with van der Waals surface area (Å²) in [4.78, 5) is 12.2. The van der Waals surface area contributed by atoms with Gasteiger partial charge in [-0.25, -0.2) is 4.79 Å². The molecule has 0 unspecified atom stereocenters. The molecule has 12 nitrogen and oxygen atoms in total. The van der Waals surface area contributed by atoms with Crippen molar-refractivity contribution in [1.82, 2.24) is 0 Å². The first-order valence-electron chi connectivity index (χ1n) is 11.2. The number of aliphatic hydroxyl groups is 5. The molecule has 196 valence electrons. The highest BCUT2D eigenvalue weighted by Crippen LogP contribution is 2.32. The van der Waals surface area contributed by atoms with Crippen LogP contribution in [0.25, 0.3) is 0 Å². The van der Waals surface area contributed by atoms with Crippen LogP contribution in [0.1, 0.15) is 10.4 Å². The standard InChI is InChI=1S/C24H28O12/c25-10-16-17(27)18(28)19(22(35-16)34-15-8-6-14(26)7-9-15)36-23-20(29)24(31,12-33-23)11-32-21(30)13-4-2-1-3-5-13/h1-9,16-20,22-23,25-29,31H,10-12H2/t16-,17+,18+,19-,20+,22-,23+,24-/m1/s1. The molecule has 0 saturated carbocycles. The second-order valence-corrected chi connectivity index (χ2v) is 8.59. The Morgan fingerprint density at radius 3 is 2.36 bits per heavy atom. The van der Waals surface area contributed by atoms with E-state index in [0.29, 0.717) is 0 Å². The van der Waals surface area contributed by atoms with E-state index in [1.165, 1.54) is 36.4 Å². The summed E-state index contributed by atoms with van der Waals surface area (Å²) < 4.78 is 27.4. The number of carbonyl (C=O) groups excluding carboxylic acids is 1. The van der Waals surface area contributed by atoms with Crippen molar-refractivity contribution in [2.75, 3.05) is 19.8 Å². The Bertz CT molecular complexity index is 1000. The monoisotopic (exact) mass is 508 g/mol. The van der Waals surface area contributed by atoms with Crippen LogP contribution in [0.3, 0.4) is 0 Å². The average molecular weight is 508 g/mol. The first-order chi connectivity index (χ1) is 17.2. The molecule has 12 heteroatoms. The molecular formula is C24H28O12. The van der Waals surface area contributed by atoms with E-state index in [1.54, 1.807) is 18.2 Å². The molecule has 0 radical (unpaired) electrons. The zero-order chi connectivity index (χ0) is 25.9. The van der Waals surface area contributed by atoms with Gasteiger partial charge in [-0.15, -0.1) is 0 Å². The van der Waals surface area contributed by atoms with Crippen LogP contribution in [-0.4, -0.2) is 105 Å². The van der Waals surface area contributed by atoms with E-state index >= 15 is 0 Å². The molecule has 2 aliphatic rings. The van der Waals surface area contributed by atoms with E-state index in [0.717, 1.165) is 0 Å². The summed E-state index contributed by atoms with van der Waals surface area (Å²) in [6.45, 7) is -1.69. The summed E-state index contributed by atoms with van der Waals surface area (Å²) in [6, 6.07) is 13.6. The number of phenols is 1. The molecule has 2 saturated heterocycles. The molecule has 0 bridgehead atoms. The van der Waals surface area contributed by atoms with Crippen LogP contribution in [0.5, 0.6) is 11.5 Å². The predicted molar refractivity (Wildman–Crippen MR) is 119 cm³/mol. The Morgan fingerprint density at radius 1 is 1.00 bits per heavy atom. The van der Waals surface area contributed by atoms with Gasteiger partial charge in [-0.3, -0.25) is 0 Å². The fourth-order valence-corrected chi connectivity index (χ4v) is 3.85. The number of aliphatic hydroxyl groups excluding tert-OH is 4.